The lowest BCUT2D eigenvalue weighted by Gasteiger charge is -2.12. The molecular weight excluding hydrogens is 547 g/mol. The Morgan fingerprint density at radius 2 is 1.21 bits per heavy atom. The van der Waals surface area contributed by atoms with Gasteiger partial charge in [-0.3, -0.25) is 0 Å². The average Bonchev–Trinajstić information content (AvgIpc) is 3.36. The highest BCUT2D eigenvalue weighted by atomic mass is 79.9. The first-order valence-electron chi connectivity index (χ1n) is 12.9. The van der Waals surface area contributed by atoms with Crippen LogP contribution in [0.1, 0.15) is 44.5 Å². The molecule has 0 bridgehead atoms. The van der Waals surface area contributed by atoms with Crippen molar-refractivity contribution in [3.05, 3.63) is 128 Å². The van der Waals surface area contributed by atoms with Gasteiger partial charge >= 0.3 is 0 Å². The SMILES string of the molecule is Cc1ccc(C#Cc2cc(C)c(N3C=[N+](c4c(C)cc(C#Cc5ccc(F)cc5)cc4C)CC3)c(Br)c2)cc1. The predicted molar refractivity (Wildman–Crippen MR) is 163 cm³/mol. The molecule has 2 nitrogen and oxygen atoms in total. The molecule has 1 heterocycles. The molecule has 1 aliphatic rings. The lowest BCUT2D eigenvalue weighted by atomic mass is 10.0. The molecule has 1 aliphatic heterocycles. The third-order valence-corrected chi connectivity index (χ3v) is 7.38. The fourth-order valence-corrected chi connectivity index (χ4v) is 5.74. The fraction of sp³-hybridized carbons (Fsp3) is 0.171. The number of hydrogen-bond donors (Lipinski definition) is 0. The molecule has 0 saturated heterocycles. The second kappa shape index (κ2) is 11.3. The van der Waals surface area contributed by atoms with Crippen LogP contribution in [-0.2, 0) is 0 Å². The highest BCUT2D eigenvalue weighted by Gasteiger charge is 2.27. The molecule has 39 heavy (non-hydrogen) atoms. The first-order chi connectivity index (χ1) is 18.8. The van der Waals surface area contributed by atoms with Crippen molar-refractivity contribution in [2.75, 3.05) is 18.0 Å². The van der Waals surface area contributed by atoms with Crippen molar-refractivity contribution in [3.8, 4) is 23.7 Å². The van der Waals surface area contributed by atoms with Crippen LogP contribution in [0.4, 0.5) is 15.8 Å². The van der Waals surface area contributed by atoms with Crippen LogP contribution in [0, 0.1) is 57.2 Å². The zero-order valence-corrected chi connectivity index (χ0v) is 24.2. The molecule has 192 valence electrons. The van der Waals surface area contributed by atoms with Crippen molar-refractivity contribution in [3.63, 3.8) is 0 Å². The van der Waals surface area contributed by atoms with Crippen molar-refractivity contribution >= 4 is 33.6 Å². The van der Waals surface area contributed by atoms with Gasteiger partial charge in [-0.05, 0) is 121 Å². The van der Waals surface area contributed by atoms with Gasteiger partial charge in [0.05, 0.1) is 4.47 Å². The van der Waals surface area contributed by atoms with Crippen molar-refractivity contribution in [1.82, 2.24) is 0 Å². The van der Waals surface area contributed by atoms with E-state index in [4.69, 9.17) is 0 Å². The minimum Gasteiger partial charge on any atom is -0.229 e. The molecule has 0 fully saturated rings. The highest BCUT2D eigenvalue weighted by Crippen LogP contribution is 2.33. The van der Waals surface area contributed by atoms with Gasteiger partial charge in [-0.25, -0.2) is 13.9 Å². The van der Waals surface area contributed by atoms with Crippen molar-refractivity contribution in [2.24, 2.45) is 0 Å². The van der Waals surface area contributed by atoms with E-state index in [2.05, 4.69) is 132 Å². The van der Waals surface area contributed by atoms with Crippen molar-refractivity contribution < 1.29 is 8.97 Å². The third kappa shape index (κ3) is 6.14. The molecule has 0 spiro atoms. The summed E-state index contributed by atoms with van der Waals surface area (Å²) >= 11 is 3.81. The Morgan fingerprint density at radius 1 is 0.692 bits per heavy atom. The van der Waals surface area contributed by atoms with Crippen LogP contribution in [0.3, 0.4) is 0 Å². The van der Waals surface area contributed by atoms with Crippen molar-refractivity contribution in [2.45, 2.75) is 27.7 Å². The molecule has 0 aromatic heterocycles. The van der Waals surface area contributed by atoms with Gasteiger partial charge in [0.15, 0.2) is 0 Å². The molecule has 0 saturated carbocycles. The van der Waals surface area contributed by atoms with Gasteiger partial charge in [-0.15, -0.1) is 0 Å². The quantitative estimate of drug-likeness (QED) is 0.174. The van der Waals surface area contributed by atoms with Gasteiger partial charge in [0.2, 0.25) is 6.34 Å². The summed E-state index contributed by atoms with van der Waals surface area (Å²) < 4.78 is 16.5. The zero-order chi connectivity index (χ0) is 27.5. The molecule has 4 heteroatoms. The Bertz CT molecular complexity index is 1660. The summed E-state index contributed by atoms with van der Waals surface area (Å²) in [4.78, 5) is 2.30. The Morgan fingerprint density at radius 3 is 1.79 bits per heavy atom. The van der Waals surface area contributed by atoms with E-state index >= 15 is 0 Å². The Labute approximate surface area is 239 Å². The molecule has 4 aromatic rings. The van der Waals surface area contributed by atoms with Crippen LogP contribution in [0.25, 0.3) is 0 Å². The Balaban J connectivity index is 1.38. The number of rotatable bonds is 2. The molecule has 0 N–H and O–H groups in total. The van der Waals surface area contributed by atoms with Crippen LogP contribution < -0.4 is 4.90 Å². The van der Waals surface area contributed by atoms with Crippen LogP contribution >= 0.6 is 15.9 Å². The van der Waals surface area contributed by atoms with E-state index in [0.29, 0.717) is 0 Å². The second-order valence-corrected chi connectivity index (χ2v) is 10.8. The van der Waals surface area contributed by atoms with Gasteiger partial charge in [0.1, 0.15) is 30.3 Å². The average molecular weight is 577 g/mol. The largest absolute Gasteiger partial charge is 0.244 e. The van der Waals surface area contributed by atoms with Crippen LogP contribution in [0.15, 0.2) is 77.3 Å². The first kappa shape index (κ1) is 26.5. The van der Waals surface area contributed by atoms with E-state index < -0.39 is 0 Å². The first-order valence-corrected chi connectivity index (χ1v) is 13.7. The van der Waals surface area contributed by atoms with Crippen LogP contribution in [0.2, 0.25) is 0 Å². The minimum absolute atomic E-state index is 0.252. The van der Waals surface area contributed by atoms with Crippen molar-refractivity contribution in [1.29, 1.82) is 0 Å². The Kier molecular flexibility index (Phi) is 7.69. The molecule has 0 unspecified atom stereocenters. The summed E-state index contributed by atoms with van der Waals surface area (Å²) in [5, 5.41) is 0. The van der Waals surface area contributed by atoms with E-state index in [1.807, 2.05) is 0 Å². The summed E-state index contributed by atoms with van der Waals surface area (Å²) in [6.45, 7) is 10.3. The summed E-state index contributed by atoms with van der Waals surface area (Å²) in [5.74, 6) is 12.7. The summed E-state index contributed by atoms with van der Waals surface area (Å²) in [6, 6.07) is 23.1. The van der Waals surface area contributed by atoms with E-state index in [0.717, 1.165) is 45.5 Å². The number of aryl methyl sites for hydroxylation is 4. The standard InChI is InChI=1S/C35H29BrFN2/c1-24-5-7-28(8-6-24)10-12-31-21-27(4)35(33(36)22-31)39-18-17-38(23-39)34-25(2)19-30(20-26(34)3)11-9-29-13-15-32(37)16-14-29/h5-8,13-16,19-23H,17-18H2,1-4H3/q+1. The second-order valence-electron chi connectivity index (χ2n) is 9.96. The van der Waals surface area contributed by atoms with Crippen LogP contribution in [-0.4, -0.2) is 24.0 Å². The molecule has 4 aromatic carbocycles. The molecule has 0 amide bonds. The van der Waals surface area contributed by atoms with E-state index in [9.17, 15) is 4.39 Å². The fourth-order valence-electron chi connectivity index (χ4n) is 4.95. The maximum absolute atomic E-state index is 13.2. The van der Waals surface area contributed by atoms with E-state index in [-0.39, 0.29) is 5.82 Å². The van der Waals surface area contributed by atoms with Gasteiger partial charge < -0.3 is 0 Å². The molecule has 5 rings (SSSR count). The molecule has 0 aliphatic carbocycles. The van der Waals surface area contributed by atoms with Crippen LogP contribution in [0.5, 0.6) is 0 Å². The number of benzene rings is 4. The smallest absolute Gasteiger partial charge is 0.229 e. The maximum atomic E-state index is 13.2. The normalized spacial score (nSPS) is 12.4. The van der Waals surface area contributed by atoms with Gasteiger partial charge in [-0.2, -0.15) is 0 Å². The summed E-state index contributed by atoms with van der Waals surface area (Å²) in [5.41, 5.74) is 10.9. The molecule has 0 atom stereocenters. The number of halogens is 2. The molecular formula is C35H29BrFN2+. The van der Waals surface area contributed by atoms with Gasteiger partial charge in [0, 0.05) is 22.3 Å². The van der Waals surface area contributed by atoms with E-state index in [1.54, 1.807) is 12.1 Å². The number of anilines is 1. The highest BCUT2D eigenvalue weighted by molar-refractivity contribution is 9.10. The van der Waals surface area contributed by atoms with E-state index in [1.165, 1.54) is 40.1 Å². The topological polar surface area (TPSA) is 6.25 Å². The lowest BCUT2D eigenvalue weighted by molar-refractivity contribution is -0.425. The minimum atomic E-state index is -0.252. The lowest BCUT2D eigenvalue weighted by Crippen LogP contribution is -2.19. The maximum Gasteiger partial charge on any atom is 0.244 e. The Hall–Kier alpha value is -4.12. The monoisotopic (exact) mass is 575 g/mol. The molecule has 0 radical (unpaired) electrons. The predicted octanol–water partition coefficient (Wildman–Crippen LogP) is 7.81. The number of nitrogens with zero attached hydrogens (tertiary/aromatic N) is 2. The summed E-state index contributed by atoms with van der Waals surface area (Å²) in [7, 11) is 0. The summed E-state index contributed by atoms with van der Waals surface area (Å²) in [6.07, 6.45) is 2.20. The van der Waals surface area contributed by atoms with Gasteiger partial charge in [-0.1, -0.05) is 41.4 Å². The third-order valence-electron chi connectivity index (χ3n) is 6.78. The zero-order valence-electron chi connectivity index (χ0n) is 22.6. The van der Waals surface area contributed by atoms with Gasteiger partial charge in [0.25, 0.3) is 0 Å². The number of hydrogen-bond acceptors (Lipinski definition) is 1.